The van der Waals surface area contributed by atoms with Gasteiger partial charge in [0.25, 0.3) is 5.91 Å². The number of hydrogen-bond acceptors (Lipinski definition) is 2. The fraction of sp³-hybridized carbons (Fsp3) is 0.636. The summed E-state index contributed by atoms with van der Waals surface area (Å²) in [5, 5.41) is 2.65. The molecule has 0 fully saturated rings. The zero-order chi connectivity index (χ0) is 11.0. The molecule has 82 valence electrons. The first kappa shape index (κ1) is 10.2. The van der Waals surface area contributed by atoms with Crippen LogP contribution in [0.1, 0.15) is 47.7 Å². The van der Waals surface area contributed by atoms with Crippen molar-refractivity contribution in [2.75, 3.05) is 7.05 Å². The average Bonchev–Trinajstić information content (AvgIpc) is 2.57. The summed E-state index contributed by atoms with van der Waals surface area (Å²) in [5.41, 5.74) is 1.72. The van der Waals surface area contributed by atoms with Crippen molar-refractivity contribution in [1.82, 2.24) is 14.9 Å². The minimum Gasteiger partial charge on any atom is -0.354 e. The minimum atomic E-state index is -0.0689. The zero-order valence-corrected chi connectivity index (χ0v) is 9.50. The summed E-state index contributed by atoms with van der Waals surface area (Å²) in [6.07, 6.45) is 2.33. The van der Waals surface area contributed by atoms with Gasteiger partial charge in [0.05, 0.1) is 5.69 Å². The van der Waals surface area contributed by atoms with E-state index in [9.17, 15) is 4.79 Å². The summed E-state index contributed by atoms with van der Waals surface area (Å²) in [5.74, 6) is 1.32. The summed E-state index contributed by atoms with van der Waals surface area (Å²) < 4.78 is 2.18. The quantitative estimate of drug-likeness (QED) is 0.757. The van der Waals surface area contributed by atoms with Crippen molar-refractivity contribution in [2.24, 2.45) is 0 Å². The van der Waals surface area contributed by atoms with E-state index in [4.69, 9.17) is 0 Å². The number of rotatable bonds is 1. The second-order valence-corrected chi connectivity index (χ2v) is 4.17. The van der Waals surface area contributed by atoms with Gasteiger partial charge in [-0.05, 0) is 25.7 Å². The van der Waals surface area contributed by atoms with E-state index in [1.165, 1.54) is 6.42 Å². The Morgan fingerprint density at radius 2 is 2.33 bits per heavy atom. The maximum absolute atomic E-state index is 11.7. The highest BCUT2D eigenvalue weighted by molar-refractivity contribution is 5.93. The largest absolute Gasteiger partial charge is 0.354 e. The van der Waals surface area contributed by atoms with Crippen LogP contribution in [0.25, 0.3) is 0 Å². The van der Waals surface area contributed by atoms with Gasteiger partial charge in [-0.25, -0.2) is 4.98 Å². The zero-order valence-electron chi connectivity index (χ0n) is 9.50. The molecule has 1 aromatic rings. The first-order valence-corrected chi connectivity index (χ1v) is 5.44. The Morgan fingerprint density at radius 3 is 3.00 bits per heavy atom. The third kappa shape index (κ3) is 1.54. The maximum Gasteiger partial charge on any atom is 0.271 e. The van der Waals surface area contributed by atoms with Crippen LogP contribution < -0.4 is 5.32 Å². The molecule has 1 atom stereocenters. The monoisotopic (exact) mass is 207 g/mol. The van der Waals surface area contributed by atoms with Crippen LogP contribution in [-0.2, 0) is 6.54 Å². The molecule has 0 aromatic carbocycles. The van der Waals surface area contributed by atoms with E-state index < -0.39 is 0 Å². The van der Waals surface area contributed by atoms with Gasteiger partial charge < -0.3 is 9.88 Å². The molecule has 1 aliphatic heterocycles. The molecular weight excluding hydrogens is 190 g/mol. The van der Waals surface area contributed by atoms with Crippen LogP contribution in [0, 0.1) is 6.92 Å². The fourth-order valence-electron chi connectivity index (χ4n) is 2.34. The topological polar surface area (TPSA) is 46.9 Å². The van der Waals surface area contributed by atoms with Gasteiger partial charge in [-0.2, -0.15) is 0 Å². The number of hydrogen-bond donors (Lipinski definition) is 1. The lowest BCUT2D eigenvalue weighted by Crippen LogP contribution is -2.23. The summed E-state index contributed by atoms with van der Waals surface area (Å²) in [6, 6.07) is 0. The lowest BCUT2D eigenvalue weighted by molar-refractivity contribution is 0.0956. The van der Waals surface area contributed by atoms with Gasteiger partial charge in [-0.15, -0.1) is 0 Å². The fourth-order valence-corrected chi connectivity index (χ4v) is 2.34. The molecule has 0 spiro atoms. The van der Waals surface area contributed by atoms with Crippen LogP contribution in [-0.4, -0.2) is 22.5 Å². The molecule has 1 aliphatic rings. The molecule has 0 aliphatic carbocycles. The second-order valence-electron chi connectivity index (χ2n) is 4.17. The number of nitrogens with one attached hydrogen (secondary N) is 1. The minimum absolute atomic E-state index is 0.0689. The van der Waals surface area contributed by atoms with Crippen LogP contribution in [0.5, 0.6) is 0 Å². The highest BCUT2D eigenvalue weighted by Gasteiger charge is 2.26. The summed E-state index contributed by atoms with van der Waals surface area (Å²) in [6.45, 7) is 5.13. The smallest absolute Gasteiger partial charge is 0.271 e. The van der Waals surface area contributed by atoms with E-state index in [0.717, 1.165) is 24.5 Å². The first-order chi connectivity index (χ1) is 7.15. The Kier molecular flexibility index (Phi) is 2.50. The SMILES string of the molecule is CNC(=O)c1nc(C)n2c1C(C)CCC2. The second kappa shape index (κ2) is 3.68. The molecule has 1 amide bonds. The molecule has 0 saturated heterocycles. The van der Waals surface area contributed by atoms with E-state index in [1.807, 2.05) is 6.92 Å². The molecule has 1 N–H and O–H groups in total. The molecule has 1 aromatic heterocycles. The number of carbonyl (C=O) groups is 1. The maximum atomic E-state index is 11.7. The van der Waals surface area contributed by atoms with Gasteiger partial charge in [-0.1, -0.05) is 6.92 Å². The number of nitrogens with zero attached hydrogens (tertiary/aromatic N) is 2. The van der Waals surface area contributed by atoms with E-state index in [-0.39, 0.29) is 5.91 Å². The average molecular weight is 207 g/mol. The Labute approximate surface area is 89.7 Å². The Balaban J connectivity index is 2.52. The molecule has 0 radical (unpaired) electrons. The summed E-state index contributed by atoms with van der Waals surface area (Å²) >= 11 is 0. The van der Waals surface area contributed by atoms with Crippen molar-refractivity contribution in [3.63, 3.8) is 0 Å². The Morgan fingerprint density at radius 1 is 1.60 bits per heavy atom. The summed E-state index contributed by atoms with van der Waals surface area (Å²) in [4.78, 5) is 16.0. The van der Waals surface area contributed by atoms with Crippen LogP contribution >= 0.6 is 0 Å². The lowest BCUT2D eigenvalue weighted by atomic mass is 9.96. The molecule has 1 unspecified atom stereocenters. The van der Waals surface area contributed by atoms with Gasteiger partial charge in [0, 0.05) is 13.6 Å². The predicted octanol–water partition coefficient (Wildman–Crippen LogP) is 1.45. The first-order valence-electron chi connectivity index (χ1n) is 5.44. The van der Waals surface area contributed by atoms with Crippen molar-refractivity contribution < 1.29 is 4.79 Å². The van der Waals surface area contributed by atoms with E-state index >= 15 is 0 Å². The molecule has 2 heterocycles. The number of aryl methyl sites for hydroxylation is 1. The molecule has 0 saturated carbocycles. The Hall–Kier alpha value is -1.32. The van der Waals surface area contributed by atoms with Crippen LogP contribution in [0.3, 0.4) is 0 Å². The van der Waals surface area contributed by atoms with Crippen LogP contribution in [0.15, 0.2) is 0 Å². The highest BCUT2D eigenvalue weighted by atomic mass is 16.1. The van der Waals surface area contributed by atoms with Gasteiger partial charge >= 0.3 is 0 Å². The van der Waals surface area contributed by atoms with Crippen molar-refractivity contribution >= 4 is 5.91 Å². The van der Waals surface area contributed by atoms with Crippen molar-refractivity contribution in [1.29, 1.82) is 0 Å². The van der Waals surface area contributed by atoms with Crippen molar-refractivity contribution in [2.45, 2.75) is 39.2 Å². The van der Waals surface area contributed by atoms with Crippen molar-refractivity contribution in [3.05, 3.63) is 17.2 Å². The molecule has 0 bridgehead atoms. The highest BCUT2D eigenvalue weighted by Crippen LogP contribution is 2.30. The Bertz CT molecular complexity index is 395. The van der Waals surface area contributed by atoms with Gasteiger partial charge in [0.15, 0.2) is 0 Å². The third-order valence-corrected chi connectivity index (χ3v) is 3.13. The molecule has 2 rings (SSSR count). The van der Waals surface area contributed by atoms with Crippen molar-refractivity contribution in [3.8, 4) is 0 Å². The van der Waals surface area contributed by atoms with Crippen LogP contribution in [0.2, 0.25) is 0 Å². The standard InChI is InChI=1S/C11H17N3O/c1-7-5-4-6-14-8(2)13-9(10(7)14)11(15)12-3/h7H,4-6H2,1-3H3,(H,12,15). The van der Waals surface area contributed by atoms with Gasteiger partial charge in [0.1, 0.15) is 11.5 Å². The molecule has 4 heteroatoms. The number of fused-ring (bicyclic) bond motifs is 1. The summed E-state index contributed by atoms with van der Waals surface area (Å²) in [7, 11) is 1.65. The van der Waals surface area contributed by atoms with E-state index in [0.29, 0.717) is 11.6 Å². The molecule has 4 nitrogen and oxygen atoms in total. The molecule has 15 heavy (non-hydrogen) atoms. The number of amides is 1. The third-order valence-electron chi connectivity index (χ3n) is 3.13. The van der Waals surface area contributed by atoms with Gasteiger partial charge in [0.2, 0.25) is 0 Å². The van der Waals surface area contributed by atoms with Gasteiger partial charge in [-0.3, -0.25) is 4.79 Å². The normalized spacial score (nSPS) is 19.8. The van der Waals surface area contributed by atoms with E-state index in [1.54, 1.807) is 7.05 Å². The number of aromatic nitrogens is 2. The lowest BCUT2D eigenvalue weighted by Gasteiger charge is -2.22. The number of carbonyl (C=O) groups excluding carboxylic acids is 1. The predicted molar refractivity (Wildman–Crippen MR) is 58.0 cm³/mol. The van der Waals surface area contributed by atoms with E-state index in [2.05, 4.69) is 21.8 Å². The number of imidazole rings is 1. The molecular formula is C11H17N3O. The van der Waals surface area contributed by atoms with Crippen LogP contribution in [0.4, 0.5) is 0 Å².